The summed E-state index contributed by atoms with van der Waals surface area (Å²) in [6.45, 7) is 6.58. The minimum Gasteiger partial charge on any atom is -0.278 e. The molecule has 1 aromatic carbocycles. The highest BCUT2D eigenvalue weighted by atomic mass is 15.1. The molecule has 2 aromatic rings. The fraction of sp³-hybridized carbons (Fsp3) is 0.364. The Bertz CT molecular complexity index is 427. The van der Waals surface area contributed by atoms with Crippen molar-refractivity contribution in [3.63, 3.8) is 0 Å². The lowest BCUT2D eigenvalue weighted by molar-refractivity contribution is 0.858. The van der Waals surface area contributed by atoms with Crippen molar-refractivity contribution < 1.29 is 0 Å². The molecule has 68 valence electrons. The molecule has 0 saturated carbocycles. The van der Waals surface area contributed by atoms with Gasteiger partial charge in [-0.05, 0) is 36.1 Å². The van der Waals surface area contributed by atoms with Crippen LogP contribution in [0.3, 0.4) is 0 Å². The molecule has 0 fully saturated rings. The van der Waals surface area contributed by atoms with Crippen LogP contribution in [0.25, 0.3) is 10.9 Å². The van der Waals surface area contributed by atoms with E-state index in [2.05, 4.69) is 43.1 Å². The molecule has 0 aliphatic carbocycles. The van der Waals surface area contributed by atoms with E-state index in [-0.39, 0.29) is 0 Å². The van der Waals surface area contributed by atoms with E-state index in [0.717, 1.165) is 5.52 Å². The van der Waals surface area contributed by atoms with Gasteiger partial charge >= 0.3 is 0 Å². The molecular weight excluding hydrogens is 160 g/mol. The highest BCUT2D eigenvalue weighted by molar-refractivity contribution is 5.79. The van der Waals surface area contributed by atoms with Crippen molar-refractivity contribution in [3.05, 3.63) is 29.5 Å². The Labute approximate surface area is 78.0 Å². The van der Waals surface area contributed by atoms with E-state index < -0.39 is 0 Å². The van der Waals surface area contributed by atoms with Gasteiger partial charge in [0.2, 0.25) is 0 Å². The predicted octanol–water partition coefficient (Wildman–Crippen LogP) is 2.99. The van der Waals surface area contributed by atoms with Gasteiger partial charge in [0.15, 0.2) is 0 Å². The van der Waals surface area contributed by atoms with Crippen LogP contribution in [-0.2, 0) is 0 Å². The smallest absolute Gasteiger partial charge is 0.0653 e. The van der Waals surface area contributed by atoms with Gasteiger partial charge in [0.1, 0.15) is 0 Å². The summed E-state index contributed by atoms with van der Waals surface area (Å²) in [5, 5.41) is 8.21. The van der Waals surface area contributed by atoms with E-state index in [9.17, 15) is 0 Å². The average Bonchev–Trinajstić information content (AvgIpc) is 2.48. The van der Waals surface area contributed by atoms with Gasteiger partial charge in [-0.25, -0.2) is 0 Å². The van der Waals surface area contributed by atoms with Gasteiger partial charge in [-0.15, -0.1) is 0 Å². The van der Waals surface area contributed by atoms with Gasteiger partial charge in [0.25, 0.3) is 0 Å². The molecule has 0 radical (unpaired) electrons. The Hall–Kier alpha value is -1.31. The number of hydrogen-bond acceptors (Lipinski definition) is 1. The van der Waals surface area contributed by atoms with E-state index in [1.807, 2.05) is 6.20 Å². The maximum Gasteiger partial charge on any atom is 0.0653 e. The molecule has 2 rings (SSSR count). The third-order valence-electron chi connectivity index (χ3n) is 2.45. The maximum absolute atomic E-state index is 4.02. The lowest BCUT2D eigenvalue weighted by Crippen LogP contribution is -1.91. The van der Waals surface area contributed by atoms with Crippen molar-refractivity contribution in [2.45, 2.75) is 26.7 Å². The van der Waals surface area contributed by atoms with Crippen LogP contribution >= 0.6 is 0 Å². The molecule has 0 aliphatic heterocycles. The number of aryl methyl sites for hydroxylation is 1. The van der Waals surface area contributed by atoms with Crippen molar-refractivity contribution in [2.75, 3.05) is 0 Å². The third kappa shape index (κ3) is 1.32. The largest absolute Gasteiger partial charge is 0.278 e. The minimum absolute atomic E-state index is 0.577. The molecule has 1 N–H and O–H groups in total. The molecule has 0 aliphatic rings. The van der Waals surface area contributed by atoms with E-state index in [1.165, 1.54) is 16.5 Å². The van der Waals surface area contributed by atoms with Crippen LogP contribution in [0.15, 0.2) is 18.3 Å². The molecule has 0 bridgehead atoms. The number of fused-ring (bicyclic) bond motifs is 1. The van der Waals surface area contributed by atoms with Crippen LogP contribution in [0.2, 0.25) is 0 Å². The standard InChI is InChI=1S/C11H14N2/c1-7(2)10-5-11-9(4-8(10)3)6-12-13-11/h4-7H,1-3H3,(H,12,13). The zero-order chi connectivity index (χ0) is 9.42. The highest BCUT2D eigenvalue weighted by Gasteiger charge is 2.05. The number of nitrogens with zero attached hydrogens (tertiary/aromatic N) is 1. The van der Waals surface area contributed by atoms with Crippen molar-refractivity contribution in [1.82, 2.24) is 10.2 Å². The number of aromatic amines is 1. The minimum atomic E-state index is 0.577. The first-order valence-electron chi connectivity index (χ1n) is 4.62. The van der Waals surface area contributed by atoms with Crippen LogP contribution in [0.1, 0.15) is 30.9 Å². The van der Waals surface area contributed by atoms with Crippen molar-refractivity contribution in [2.24, 2.45) is 0 Å². The summed E-state index contributed by atoms with van der Waals surface area (Å²) in [6.07, 6.45) is 1.87. The van der Waals surface area contributed by atoms with Crippen molar-refractivity contribution in [1.29, 1.82) is 0 Å². The molecule has 1 aromatic heterocycles. The zero-order valence-electron chi connectivity index (χ0n) is 8.26. The number of rotatable bonds is 1. The van der Waals surface area contributed by atoms with E-state index in [1.54, 1.807) is 0 Å². The summed E-state index contributed by atoms with van der Waals surface area (Å²) >= 11 is 0. The van der Waals surface area contributed by atoms with E-state index in [4.69, 9.17) is 0 Å². The molecule has 1 heterocycles. The Morgan fingerprint density at radius 3 is 2.77 bits per heavy atom. The third-order valence-corrected chi connectivity index (χ3v) is 2.45. The number of aromatic nitrogens is 2. The summed E-state index contributed by atoms with van der Waals surface area (Å²) in [6, 6.07) is 4.39. The van der Waals surface area contributed by atoms with Crippen LogP contribution < -0.4 is 0 Å². The number of benzene rings is 1. The van der Waals surface area contributed by atoms with Gasteiger partial charge < -0.3 is 0 Å². The van der Waals surface area contributed by atoms with E-state index >= 15 is 0 Å². The first-order chi connectivity index (χ1) is 6.18. The SMILES string of the molecule is Cc1cc2cn[nH]c2cc1C(C)C. The van der Waals surface area contributed by atoms with Gasteiger partial charge in [0, 0.05) is 5.39 Å². The number of H-pyrrole nitrogens is 1. The molecule has 2 heteroatoms. The monoisotopic (exact) mass is 174 g/mol. The second-order valence-corrected chi connectivity index (χ2v) is 3.82. The second kappa shape index (κ2) is 2.87. The molecule has 0 atom stereocenters. The Morgan fingerprint density at radius 2 is 2.08 bits per heavy atom. The van der Waals surface area contributed by atoms with Gasteiger partial charge in [0.05, 0.1) is 11.7 Å². The zero-order valence-corrected chi connectivity index (χ0v) is 8.26. The van der Waals surface area contributed by atoms with Crippen LogP contribution in [-0.4, -0.2) is 10.2 Å². The lowest BCUT2D eigenvalue weighted by Gasteiger charge is -2.08. The summed E-state index contributed by atoms with van der Waals surface area (Å²) < 4.78 is 0. The average molecular weight is 174 g/mol. The molecule has 0 unspecified atom stereocenters. The first kappa shape index (κ1) is 8.30. The topological polar surface area (TPSA) is 28.7 Å². The van der Waals surface area contributed by atoms with Crippen LogP contribution in [0, 0.1) is 6.92 Å². The lowest BCUT2D eigenvalue weighted by atomic mass is 9.97. The summed E-state index contributed by atoms with van der Waals surface area (Å²) in [7, 11) is 0. The normalized spacial score (nSPS) is 11.4. The molecule has 13 heavy (non-hydrogen) atoms. The molecule has 0 saturated heterocycles. The molecule has 0 amide bonds. The molecule has 0 spiro atoms. The molecular formula is C11H14N2. The van der Waals surface area contributed by atoms with Gasteiger partial charge in [-0.3, -0.25) is 5.10 Å². The Balaban J connectivity index is 2.69. The van der Waals surface area contributed by atoms with Gasteiger partial charge in [-0.2, -0.15) is 5.10 Å². The summed E-state index contributed by atoms with van der Waals surface area (Å²) in [4.78, 5) is 0. The second-order valence-electron chi connectivity index (χ2n) is 3.82. The number of nitrogens with one attached hydrogen (secondary N) is 1. The predicted molar refractivity (Wildman–Crippen MR) is 54.9 cm³/mol. The maximum atomic E-state index is 4.02. The Morgan fingerprint density at radius 1 is 1.31 bits per heavy atom. The van der Waals surface area contributed by atoms with Gasteiger partial charge in [-0.1, -0.05) is 13.8 Å². The summed E-state index contributed by atoms with van der Waals surface area (Å²) in [5.41, 5.74) is 3.88. The molecule has 2 nitrogen and oxygen atoms in total. The quantitative estimate of drug-likeness (QED) is 0.707. The fourth-order valence-electron chi connectivity index (χ4n) is 1.74. The van der Waals surface area contributed by atoms with E-state index in [0.29, 0.717) is 5.92 Å². The first-order valence-corrected chi connectivity index (χ1v) is 4.62. The Kier molecular flexibility index (Phi) is 1.83. The fourth-order valence-corrected chi connectivity index (χ4v) is 1.74. The van der Waals surface area contributed by atoms with Crippen LogP contribution in [0.5, 0.6) is 0 Å². The van der Waals surface area contributed by atoms with Crippen LogP contribution in [0.4, 0.5) is 0 Å². The van der Waals surface area contributed by atoms with Crippen molar-refractivity contribution in [3.8, 4) is 0 Å². The highest BCUT2D eigenvalue weighted by Crippen LogP contribution is 2.23. The summed E-state index contributed by atoms with van der Waals surface area (Å²) in [5.74, 6) is 0.577. The number of hydrogen-bond donors (Lipinski definition) is 1. The van der Waals surface area contributed by atoms with Crippen molar-refractivity contribution >= 4 is 10.9 Å².